The van der Waals surface area contributed by atoms with Crippen molar-refractivity contribution >= 4 is 39.1 Å². The van der Waals surface area contributed by atoms with Gasteiger partial charge in [-0.15, -0.1) is 11.3 Å². The zero-order valence-electron chi connectivity index (χ0n) is 39.4. The molecular weight excluding hydrogens is 905 g/mol. The number of likely N-dealkylation sites (tertiary alicyclic amines) is 2. The number of hydrogen-bond donors (Lipinski definition) is 2. The van der Waals surface area contributed by atoms with Gasteiger partial charge in [0.25, 0.3) is 0 Å². The molecule has 4 aliphatic carbocycles. The van der Waals surface area contributed by atoms with Crippen LogP contribution in [0.1, 0.15) is 127 Å². The number of fused-ring (bicyclic) bond motifs is 5. The lowest BCUT2D eigenvalue weighted by molar-refractivity contribution is -0.134. The van der Waals surface area contributed by atoms with E-state index >= 15 is 0 Å². The lowest BCUT2D eigenvalue weighted by atomic mass is 9.59. The van der Waals surface area contributed by atoms with Crippen LogP contribution >= 0.6 is 11.3 Å². The lowest BCUT2D eigenvalue weighted by Gasteiger charge is -2.62. The minimum absolute atomic E-state index is 0.0794. The Morgan fingerprint density at radius 2 is 1.77 bits per heavy atom. The summed E-state index contributed by atoms with van der Waals surface area (Å²) in [5, 5.41) is 23.7. The Morgan fingerprint density at radius 1 is 0.986 bits per heavy atom. The lowest BCUT2D eigenvalue weighted by Crippen LogP contribution is -2.67. The van der Waals surface area contributed by atoms with Crippen LogP contribution in [-0.2, 0) is 34.9 Å². The Balaban J connectivity index is 0.641. The van der Waals surface area contributed by atoms with Gasteiger partial charge in [-0.1, -0.05) is 17.3 Å². The number of aryl methyl sites for hydroxylation is 2. The van der Waals surface area contributed by atoms with Gasteiger partial charge in [0, 0.05) is 60.4 Å². The van der Waals surface area contributed by atoms with Crippen LogP contribution in [0.25, 0.3) is 22.4 Å². The molecule has 70 heavy (non-hydrogen) atoms. The summed E-state index contributed by atoms with van der Waals surface area (Å²) >= 11 is 1.53. The van der Waals surface area contributed by atoms with Gasteiger partial charge in [-0.25, -0.2) is 9.97 Å². The van der Waals surface area contributed by atoms with E-state index in [4.69, 9.17) is 34.8 Å². The number of carbonyl (C=O) groups excluding carboxylic acids is 2. The van der Waals surface area contributed by atoms with E-state index in [2.05, 4.69) is 54.5 Å². The molecular formula is C52H56N12O5S. The summed E-state index contributed by atoms with van der Waals surface area (Å²) < 4.78 is 21.0. The summed E-state index contributed by atoms with van der Waals surface area (Å²) in [5.41, 5.74) is 12.8. The van der Waals surface area contributed by atoms with Gasteiger partial charge in [0.1, 0.15) is 17.4 Å². The van der Waals surface area contributed by atoms with E-state index in [0.29, 0.717) is 76.4 Å². The van der Waals surface area contributed by atoms with Gasteiger partial charge in [-0.05, 0) is 125 Å². The van der Waals surface area contributed by atoms with Gasteiger partial charge in [0.05, 0.1) is 53.2 Å². The Hall–Kier alpha value is -6.29. The number of nitrogens with two attached hydrogens (primary N) is 1. The van der Waals surface area contributed by atoms with E-state index in [-0.39, 0.29) is 17.2 Å². The quantitative estimate of drug-likeness (QED) is 0.124. The van der Waals surface area contributed by atoms with Crippen LogP contribution in [-0.4, -0.2) is 102 Å². The topological polar surface area (TPSA) is 216 Å². The molecule has 18 heteroatoms. The number of piperidine rings is 2. The van der Waals surface area contributed by atoms with E-state index < -0.39 is 11.3 Å². The van der Waals surface area contributed by atoms with Crippen molar-refractivity contribution in [2.45, 2.75) is 113 Å². The molecule has 2 atom stereocenters. The summed E-state index contributed by atoms with van der Waals surface area (Å²) in [4.78, 5) is 49.1. The average molecular weight is 961 g/mol. The molecule has 1 unspecified atom stereocenters. The zero-order chi connectivity index (χ0) is 47.4. The van der Waals surface area contributed by atoms with E-state index in [1.165, 1.54) is 40.9 Å². The van der Waals surface area contributed by atoms with Crippen LogP contribution in [0.2, 0.25) is 0 Å². The molecule has 3 saturated heterocycles. The number of aromatic nitrogens is 7. The summed E-state index contributed by atoms with van der Waals surface area (Å²) in [6.07, 6.45) is 17.8. The molecule has 17 nitrogen and oxygen atoms in total. The number of anilines is 1. The third kappa shape index (κ3) is 7.45. The largest absolute Gasteiger partial charge is 0.477 e. The molecule has 6 aromatic rings. The highest BCUT2D eigenvalue weighted by molar-refractivity contribution is 7.16. The van der Waals surface area contributed by atoms with Gasteiger partial charge in [-0.3, -0.25) is 19.6 Å². The summed E-state index contributed by atoms with van der Waals surface area (Å²) in [5.74, 6) is 2.01. The molecule has 0 radical (unpaired) electrons. The van der Waals surface area contributed by atoms with Crippen LogP contribution in [0.5, 0.6) is 17.5 Å². The van der Waals surface area contributed by atoms with Crippen LogP contribution < -0.4 is 20.5 Å². The first-order valence-corrected chi connectivity index (χ1v) is 25.9. The number of carbonyl (C=O) groups is 2. The number of ether oxygens (including phenoxy) is 2. The van der Waals surface area contributed by atoms with E-state index in [1.54, 1.807) is 18.5 Å². The number of nitrogens with one attached hydrogen (secondary N) is 1. The van der Waals surface area contributed by atoms with Gasteiger partial charge in [0.2, 0.25) is 23.6 Å². The third-order valence-corrected chi connectivity index (χ3v) is 18.1. The number of thiophene rings is 1. The van der Waals surface area contributed by atoms with Crippen molar-refractivity contribution in [3.8, 4) is 35.1 Å². The fourth-order valence-corrected chi connectivity index (χ4v) is 14.5. The Bertz CT molecular complexity index is 3090. The number of nitrogen functional groups attached to an aromatic ring is 1. The van der Waals surface area contributed by atoms with Gasteiger partial charge >= 0.3 is 0 Å². The number of nitrogens with zero attached hydrogens (tertiary/aromatic N) is 10. The molecule has 5 fully saturated rings. The van der Waals surface area contributed by atoms with E-state index in [9.17, 15) is 14.9 Å². The Morgan fingerprint density at radius 3 is 2.54 bits per heavy atom. The van der Waals surface area contributed by atoms with Crippen molar-refractivity contribution in [2.75, 3.05) is 45.1 Å². The number of rotatable bonds is 11. The smallest absolute Gasteiger partial charge is 0.235 e. The molecule has 360 valence electrons. The molecule has 2 spiro atoms. The second kappa shape index (κ2) is 16.7. The van der Waals surface area contributed by atoms with Gasteiger partial charge in [0.15, 0.2) is 23.0 Å². The molecule has 1 aromatic carbocycles. The minimum atomic E-state index is -0.458. The predicted octanol–water partition coefficient (Wildman–Crippen LogP) is 7.10. The molecule has 2 saturated carbocycles. The molecule has 0 bridgehead atoms. The second-order valence-electron chi connectivity index (χ2n) is 21.5. The molecule has 2 amide bonds. The van der Waals surface area contributed by atoms with Crippen molar-refractivity contribution in [2.24, 2.45) is 17.9 Å². The zero-order valence-corrected chi connectivity index (χ0v) is 40.2. The fraction of sp³-hybridized carbons (Fsp3) is 0.519. The monoisotopic (exact) mass is 960 g/mol. The SMILES string of the molecule is Cn1nc(C2CCC(=O)NC2=O)c2ccc(C3CCN(C4CC5(C4)CN(CC4(COc6cc(Oc7cncnc7)nc(-c7noc8c7CCC[C@@]87CCCc8sc(N)c(C#N)c87)n6)CC4)C5)CC3)cc21. The van der Waals surface area contributed by atoms with Gasteiger partial charge in [-0.2, -0.15) is 20.3 Å². The first kappa shape index (κ1) is 43.7. The highest BCUT2D eigenvalue weighted by Gasteiger charge is 2.57. The third-order valence-electron chi connectivity index (χ3n) is 17.0. The number of imide groups is 1. The maximum atomic E-state index is 12.7. The predicted molar refractivity (Wildman–Crippen MR) is 258 cm³/mol. The normalized spacial score (nSPS) is 24.1. The van der Waals surface area contributed by atoms with Crippen LogP contribution in [0, 0.1) is 22.2 Å². The highest BCUT2D eigenvalue weighted by Crippen LogP contribution is 2.57. The standard InChI is InChI=1S/C52H56N12O5S/c1-62-38-18-31(6-7-34(38)44(60-62)36-8-9-40(65)57-49(36)66)30-10-16-64(17-11-30)32-20-51(21-32)26-63(27-51)25-50(14-15-50)28-67-41-19-42(68-33-23-55-29-56-24-33)59-48(58-41)45-35-4-2-12-52(46(35)69-61-45)13-3-5-39-43(52)37(22-53)47(54)70-39/h6-7,18-19,23-24,29-30,32,36H,2-5,8-17,20-21,25-28,54H2,1H3,(H,57,65,66)/t36?,52-/m0/s1. The first-order chi connectivity index (χ1) is 34.1. The summed E-state index contributed by atoms with van der Waals surface area (Å²) in [6.45, 7) is 6.10. The number of nitriles is 1. The number of benzene rings is 1. The molecule has 8 heterocycles. The fourth-order valence-electron chi connectivity index (χ4n) is 13.4. The van der Waals surface area contributed by atoms with Crippen molar-refractivity contribution in [1.29, 1.82) is 5.26 Å². The maximum Gasteiger partial charge on any atom is 0.235 e. The first-order valence-electron chi connectivity index (χ1n) is 25.1. The molecule has 5 aromatic heterocycles. The van der Waals surface area contributed by atoms with Crippen LogP contribution in [0.15, 0.2) is 47.5 Å². The number of amides is 2. The van der Waals surface area contributed by atoms with Crippen molar-refractivity contribution in [3.05, 3.63) is 81.6 Å². The second-order valence-corrected chi connectivity index (χ2v) is 22.7. The Kier molecular flexibility index (Phi) is 10.4. The Labute approximate surface area is 409 Å². The van der Waals surface area contributed by atoms with E-state index in [1.807, 2.05) is 11.7 Å². The summed E-state index contributed by atoms with van der Waals surface area (Å²) in [7, 11) is 1.95. The van der Waals surface area contributed by atoms with Crippen LogP contribution in [0.4, 0.5) is 5.00 Å². The maximum absolute atomic E-state index is 12.7. The molecule has 3 aliphatic heterocycles. The van der Waals surface area contributed by atoms with Crippen molar-refractivity contribution in [1.82, 2.24) is 50.0 Å². The van der Waals surface area contributed by atoms with Crippen LogP contribution in [0.3, 0.4) is 0 Å². The van der Waals surface area contributed by atoms with Crippen molar-refractivity contribution in [3.63, 3.8) is 0 Å². The van der Waals surface area contributed by atoms with Gasteiger partial charge < -0.3 is 29.5 Å². The number of hydrogen-bond acceptors (Lipinski definition) is 16. The van der Waals surface area contributed by atoms with E-state index in [0.717, 1.165) is 130 Å². The molecule has 3 N–H and O–H groups in total. The minimum Gasteiger partial charge on any atom is -0.477 e. The average Bonchev–Trinajstić information content (AvgIpc) is 3.63. The highest BCUT2D eigenvalue weighted by atomic mass is 32.1. The van der Waals surface area contributed by atoms with Crippen molar-refractivity contribution < 1.29 is 23.6 Å². The molecule has 13 rings (SSSR count). The molecule has 7 aliphatic rings. The summed E-state index contributed by atoms with van der Waals surface area (Å²) in [6, 6.07) is 11.5.